The molecule has 0 bridgehead atoms. The standard InChI is InChI=1S/C18H12.C8H4O3/c1-3-7-15-13(5-1)9-11-18-16-8-4-2-6-14(16)10-12-17(15)18;9-7-5-3-1-2-4-6(5)8(10)11-7/h1-12H;1-4H. The normalized spacial score (nSPS) is 12.6. The van der Waals surface area contributed by atoms with E-state index in [0.717, 1.165) is 0 Å². The van der Waals surface area contributed by atoms with Gasteiger partial charge in [-0.15, -0.1) is 0 Å². The van der Waals surface area contributed by atoms with Crippen LogP contribution in [0.15, 0.2) is 97.1 Å². The van der Waals surface area contributed by atoms with Crippen LogP contribution in [0.5, 0.6) is 0 Å². The number of ether oxygens (including phenoxy) is 1. The van der Waals surface area contributed by atoms with E-state index in [2.05, 4.69) is 77.5 Å². The second-order valence-corrected chi connectivity index (χ2v) is 6.89. The average Bonchev–Trinajstić information content (AvgIpc) is 3.07. The highest BCUT2D eigenvalue weighted by Crippen LogP contribution is 2.30. The van der Waals surface area contributed by atoms with Gasteiger partial charge in [0.1, 0.15) is 0 Å². The zero-order chi connectivity index (χ0) is 19.8. The molecule has 0 atom stereocenters. The van der Waals surface area contributed by atoms with Gasteiger partial charge in [0.05, 0.1) is 11.1 Å². The molecule has 29 heavy (non-hydrogen) atoms. The minimum Gasteiger partial charge on any atom is -0.386 e. The molecule has 5 aromatic carbocycles. The number of hydrogen-bond acceptors (Lipinski definition) is 3. The predicted molar refractivity (Wildman–Crippen MR) is 115 cm³/mol. The Bertz CT molecular complexity index is 1310. The number of rotatable bonds is 0. The van der Waals surface area contributed by atoms with Crippen LogP contribution in [0, 0.1) is 0 Å². The van der Waals surface area contributed by atoms with Gasteiger partial charge in [0, 0.05) is 0 Å². The lowest BCUT2D eigenvalue weighted by Crippen LogP contribution is -1.96. The van der Waals surface area contributed by atoms with Crippen LogP contribution in [0.1, 0.15) is 20.7 Å². The molecule has 6 rings (SSSR count). The Hall–Kier alpha value is -3.98. The van der Waals surface area contributed by atoms with Crippen molar-refractivity contribution < 1.29 is 14.3 Å². The zero-order valence-corrected chi connectivity index (χ0v) is 15.5. The van der Waals surface area contributed by atoms with Gasteiger partial charge in [-0.05, 0) is 44.5 Å². The van der Waals surface area contributed by atoms with Crippen LogP contribution in [-0.2, 0) is 4.74 Å². The maximum atomic E-state index is 10.8. The van der Waals surface area contributed by atoms with Crippen LogP contribution in [-0.4, -0.2) is 11.9 Å². The third kappa shape index (κ3) is 2.93. The lowest BCUT2D eigenvalue weighted by atomic mass is 9.97. The van der Waals surface area contributed by atoms with Crippen molar-refractivity contribution in [1.29, 1.82) is 0 Å². The molecule has 0 aromatic heterocycles. The molecule has 0 unspecified atom stereocenters. The van der Waals surface area contributed by atoms with E-state index in [1.54, 1.807) is 24.3 Å². The van der Waals surface area contributed by atoms with Gasteiger partial charge < -0.3 is 4.74 Å². The first-order valence-electron chi connectivity index (χ1n) is 9.37. The molecule has 0 aliphatic carbocycles. The van der Waals surface area contributed by atoms with Crippen molar-refractivity contribution in [1.82, 2.24) is 0 Å². The predicted octanol–water partition coefficient (Wildman–Crippen LogP) is 6.14. The van der Waals surface area contributed by atoms with Gasteiger partial charge >= 0.3 is 11.9 Å². The van der Waals surface area contributed by atoms with Crippen LogP contribution in [0.2, 0.25) is 0 Å². The fourth-order valence-corrected chi connectivity index (χ4v) is 3.80. The summed E-state index contributed by atoms with van der Waals surface area (Å²) in [5.74, 6) is -1.10. The lowest BCUT2D eigenvalue weighted by Gasteiger charge is -2.07. The minimum absolute atomic E-state index is 0.359. The van der Waals surface area contributed by atoms with Gasteiger partial charge in [-0.3, -0.25) is 0 Å². The van der Waals surface area contributed by atoms with Gasteiger partial charge in [0.2, 0.25) is 0 Å². The van der Waals surface area contributed by atoms with E-state index < -0.39 is 11.9 Å². The summed E-state index contributed by atoms with van der Waals surface area (Å²) in [5.41, 5.74) is 0.718. The Kier molecular flexibility index (Phi) is 4.07. The molecule has 3 nitrogen and oxygen atoms in total. The Morgan fingerprint density at radius 3 is 1.31 bits per heavy atom. The summed E-state index contributed by atoms with van der Waals surface area (Å²) < 4.78 is 4.35. The molecule has 5 aromatic rings. The van der Waals surface area contributed by atoms with E-state index >= 15 is 0 Å². The molecule has 0 N–H and O–H groups in total. The van der Waals surface area contributed by atoms with Crippen LogP contribution in [0.3, 0.4) is 0 Å². The number of cyclic esters (lactones) is 2. The first-order chi connectivity index (χ1) is 14.2. The maximum absolute atomic E-state index is 10.8. The molecule has 1 aliphatic rings. The van der Waals surface area contributed by atoms with Crippen molar-refractivity contribution in [3.63, 3.8) is 0 Å². The second-order valence-electron chi connectivity index (χ2n) is 6.89. The third-order valence-electron chi connectivity index (χ3n) is 5.20. The number of carbonyl (C=O) groups excluding carboxylic acids is 2. The lowest BCUT2D eigenvalue weighted by molar-refractivity contribution is 0.0444. The summed E-state index contributed by atoms with van der Waals surface area (Å²) in [7, 11) is 0. The monoisotopic (exact) mass is 376 g/mol. The molecule has 0 spiro atoms. The Labute approximate surface area is 167 Å². The van der Waals surface area contributed by atoms with Crippen molar-refractivity contribution in [3.05, 3.63) is 108 Å². The molecule has 1 aliphatic heterocycles. The summed E-state index contributed by atoms with van der Waals surface area (Å²) in [5, 5.41) is 7.96. The smallest absolute Gasteiger partial charge is 0.346 e. The fourth-order valence-electron chi connectivity index (χ4n) is 3.80. The highest BCUT2D eigenvalue weighted by Gasteiger charge is 2.28. The van der Waals surface area contributed by atoms with Gasteiger partial charge in [0.25, 0.3) is 0 Å². The van der Waals surface area contributed by atoms with E-state index in [4.69, 9.17) is 0 Å². The molecule has 0 radical (unpaired) electrons. The summed E-state index contributed by atoms with van der Waals surface area (Å²) in [6.45, 7) is 0. The second kappa shape index (κ2) is 6.88. The van der Waals surface area contributed by atoms with Crippen molar-refractivity contribution >= 4 is 44.3 Å². The number of carbonyl (C=O) groups is 2. The Morgan fingerprint density at radius 1 is 0.414 bits per heavy atom. The van der Waals surface area contributed by atoms with Gasteiger partial charge in [-0.2, -0.15) is 0 Å². The van der Waals surface area contributed by atoms with Gasteiger partial charge in [-0.1, -0.05) is 84.9 Å². The molecule has 3 heteroatoms. The summed E-state index contributed by atoms with van der Waals surface area (Å²) in [4.78, 5) is 21.7. The maximum Gasteiger partial charge on any atom is 0.346 e. The molecule has 0 saturated heterocycles. The molecule has 1 heterocycles. The van der Waals surface area contributed by atoms with E-state index in [1.165, 1.54) is 32.3 Å². The van der Waals surface area contributed by atoms with E-state index in [9.17, 15) is 9.59 Å². The van der Waals surface area contributed by atoms with Crippen molar-refractivity contribution in [3.8, 4) is 0 Å². The van der Waals surface area contributed by atoms with Crippen molar-refractivity contribution in [2.75, 3.05) is 0 Å². The average molecular weight is 376 g/mol. The fraction of sp³-hybridized carbons (Fsp3) is 0. The summed E-state index contributed by atoms with van der Waals surface area (Å²) in [6, 6.07) is 32.6. The quantitative estimate of drug-likeness (QED) is 0.185. The van der Waals surface area contributed by atoms with Gasteiger partial charge in [0.15, 0.2) is 0 Å². The molecule has 138 valence electrons. The van der Waals surface area contributed by atoms with Crippen molar-refractivity contribution in [2.24, 2.45) is 0 Å². The molecular weight excluding hydrogens is 360 g/mol. The number of fused-ring (bicyclic) bond motifs is 6. The Balaban J connectivity index is 0.000000142. The number of hydrogen-bond donors (Lipinski definition) is 0. The molecule has 0 amide bonds. The number of esters is 2. The highest BCUT2D eigenvalue weighted by atomic mass is 16.6. The van der Waals surface area contributed by atoms with Crippen molar-refractivity contribution in [2.45, 2.75) is 0 Å². The van der Waals surface area contributed by atoms with E-state index in [1.807, 2.05) is 0 Å². The third-order valence-corrected chi connectivity index (χ3v) is 5.20. The van der Waals surface area contributed by atoms with Gasteiger partial charge in [-0.25, -0.2) is 9.59 Å². The van der Waals surface area contributed by atoms with Crippen LogP contribution in [0.25, 0.3) is 32.3 Å². The number of benzene rings is 5. The topological polar surface area (TPSA) is 43.4 Å². The van der Waals surface area contributed by atoms with Crippen LogP contribution < -0.4 is 0 Å². The zero-order valence-electron chi connectivity index (χ0n) is 15.5. The molecule has 0 fully saturated rings. The van der Waals surface area contributed by atoms with E-state index in [0.29, 0.717) is 11.1 Å². The molecule has 0 saturated carbocycles. The Morgan fingerprint density at radius 2 is 0.828 bits per heavy atom. The van der Waals surface area contributed by atoms with Crippen LogP contribution in [0.4, 0.5) is 0 Å². The minimum atomic E-state index is -0.550. The molecular formula is C26H16O3. The van der Waals surface area contributed by atoms with E-state index in [-0.39, 0.29) is 0 Å². The first kappa shape index (κ1) is 17.1. The summed E-state index contributed by atoms with van der Waals surface area (Å²) >= 11 is 0. The highest BCUT2D eigenvalue weighted by molar-refractivity contribution is 6.17. The summed E-state index contributed by atoms with van der Waals surface area (Å²) in [6.07, 6.45) is 0. The first-order valence-corrected chi connectivity index (χ1v) is 9.37. The largest absolute Gasteiger partial charge is 0.386 e. The SMILES string of the molecule is O=C1OC(=O)c2ccccc21.c1ccc2c(c1)ccc1c3ccccc3ccc21. The van der Waals surface area contributed by atoms with Crippen LogP contribution >= 0.6 is 0 Å².